The molecule has 3 rings (SSSR count). The van der Waals surface area contributed by atoms with Crippen molar-refractivity contribution in [2.75, 3.05) is 6.54 Å². The van der Waals surface area contributed by atoms with E-state index in [1.807, 2.05) is 22.0 Å². The SMILES string of the molecule is O=c1[nH]c(C(F)(F)F)nc2c1CCN(Cc1ccncc1)C2. The van der Waals surface area contributed by atoms with Gasteiger partial charge >= 0.3 is 6.18 Å². The molecule has 0 saturated heterocycles. The summed E-state index contributed by atoms with van der Waals surface area (Å²) in [6.45, 7) is 1.41. The predicted octanol–water partition coefficient (Wildman–Crippen LogP) is 1.74. The fraction of sp³-hybridized carbons (Fsp3) is 0.357. The van der Waals surface area contributed by atoms with Gasteiger partial charge in [-0.1, -0.05) is 0 Å². The molecule has 0 aliphatic carbocycles. The number of nitrogens with one attached hydrogen (secondary N) is 1. The molecule has 0 spiro atoms. The maximum atomic E-state index is 12.7. The summed E-state index contributed by atoms with van der Waals surface area (Å²) in [6, 6.07) is 3.70. The zero-order valence-electron chi connectivity index (χ0n) is 11.5. The number of pyridine rings is 1. The lowest BCUT2D eigenvalue weighted by Crippen LogP contribution is -2.36. The second-order valence-corrected chi connectivity index (χ2v) is 5.15. The van der Waals surface area contributed by atoms with Crippen molar-refractivity contribution in [1.29, 1.82) is 0 Å². The second kappa shape index (κ2) is 5.53. The van der Waals surface area contributed by atoms with Crippen LogP contribution >= 0.6 is 0 Å². The highest BCUT2D eigenvalue weighted by Crippen LogP contribution is 2.26. The fourth-order valence-corrected chi connectivity index (χ4v) is 2.51. The van der Waals surface area contributed by atoms with Gasteiger partial charge in [-0.05, 0) is 24.1 Å². The maximum absolute atomic E-state index is 12.7. The van der Waals surface area contributed by atoms with Crippen molar-refractivity contribution in [3.8, 4) is 0 Å². The molecule has 0 bridgehead atoms. The minimum Gasteiger partial charge on any atom is -0.303 e. The van der Waals surface area contributed by atoms with Crippen molar-refractivity contribution in [3.63, 3.8) is 0 Å². The van der Waals surface area contributed by atoms with Gasteiger partial charge in [0, 0.05) is 37.6 Å². The summed E-state index contributed by atoms with van der Waals surface area (Å²) in [7, 11) is 0. The van der Waals surface area contributed by atoms with E-state index in [0.29, 0.717) is 25.1 Å². The minimum absolute atomic E-state index is 0.205. The Labute approximate surface area is 123 Å². The molecule has 0 saturated carbocycles. The molecule has 0 radical (unpaired) electrons. The lowest BCUT2D eigenvalue weighted by Gasteiger charge is -2.27. The number of alkyl halides is 3. The predicted molar refractivity (Wildman–Crippen MR) is 71.9 cm³/mol. The van der Waals surface area contributed by atoms with Gasteiger partial charge in [0.1, 0.15) is 0 Å². The van der Waals surface area contributed by atoms with Crippen molar-refractivity contribution in [2.45, 2.75) is 25.7 Å². The van der Waals surface area contributed by atoms with E-state index in [2.05, 4.69) is 9.97 Å². The zero-order valence-corrected chi connectivity index (χ0v) is 11.5. The van der Waals surface area contributed by atoms with Crippen LogP contribution in [0.15, 0.2) is 29.3 Å². The summed E-state index contributed by atoms with van der Waals surface area (Å²) in [6.07, 6.45) is -0.932. The van der Waals surface area contributed by atoms with E-state index in [1.54, 1.807) is 12.4 Å². The first-order chi connectivity index (χ1) is 10.4. The van der Waals surface area contributed by atoms with E-state index in [-0.39, 0.29) is 12.2 Å². The van der Waals surface area contributed by atoms with Crippen molar-refractivity contribution < 1.29 is 13.2 Å². The number of rotatable bonds is 2. The molecule has 1 aliphatic heterocycles. The van der Waals surface area contributed by atoms with E-state index in [4.69, 9.17) is 0 Å². The number of halogens is 3. The number of nitrogens with zero attached hydrogens (tertiary/aromatic N) is 3. The fourth-order valence-electron chi connectivity index (χ4n) is 2.51. The van der Waals surface area contributed by atoms with Gasteiger partial charge in [-0.3, -0.25) is 14.7 Å². The van der Waals surface area contributed by atoms with Gasteiger partial charge in [0.2, 0.25) is 5.82 Å². The van der Waals surface area contributed by atoms with Crippen molar-refractivity contribution in [2.24, 2.45) is 0 Å². The lowest BCUT2D eigenvalue weighted by atomic mass is 10.1. The largest absolute Gasteiger partial charge is 0.449 e. The monoisotopic (exact) mass is 310 g/mol. The van der Waals surface area contributed by atoms with E-state index in [9.17, 15) is 18.0 Å². The van der Waals surface area contributed by atoms with E-state index in [0.717, 1.165) is 5.56 Å². The number of fused-ring (bicyclic) bond motifs is 1. The molecular formula is C14H13F3N4O. The molecule has 0 amide bonds. The molecule has 5 nitrogen and oxygen atoms in total. The van der Waals surface area contributed by atoms with Gasteiger partial charge < -0.3 is 4.98 Å². The first-order valence-electron chi connectivity index (χ1n) is 6.74. The van der Waals surface area contributed by atoms with Crippen LogP contribution in [0.1, 0.15) is 22.6 Å². The van der Waals surface area contributed by atoms with Gasteiger partial charge in [0.15, 0.2) is 0 Å². The topological polar surface area (TPSA) is 61.9 Å². The van der Waals surface area contributed by atoms with Crippen molar-refractivity contribution in [3.05, 3.63) is 57.5 Å². The molecular weight excluding hydrogens is 297 g/mol. The lowest BCUT2D eigenvalue weighted by molar-refractivity contribution is -0.145. The quantitative estimate of drug-likeness (QED) is 0.918. The Morgan fingerprint density at radius 1 is 1.27 bits per heavy atom. The molecule has 1 aliphatic rings. The zero-order chi connectivity index (χ0) is 15.7. The third-order valence-corrected chi connectivity index (χ3v) is 3.58. The summed E-state index contributed by atoms with van der Waals surface area (Å²) >= 11 is 0. The first kappa shape index (κ1) is 14.7. The van der Waals surface area contributed by atoms with Crippen LogP contribution in [0, 0.1) is 0 Å². The summed E-state index contributed by atoms with van der Waals surface area (Å²) < 4.78 is 38.2. The highest BCUT2D eigenvalue weighted by Gasteiger charge is 2.35. The molecule has 116 valence electrons. The van der Waals surface area contributed by atoms with Crippen LogP contribution in [0.25, 0.3) is 0 Å². The summed E-state index contributed by atoms with van der Waals surface area (Å²) in [5.74, 6) is -1.23. The van der Waals surface area contributed by atoms with Crippen molar-refractivity contribution in [1.82, 2.24) is 19.9 Å². The Bertz CT molecular complexity index is 727. The molecule has 22 heavy (non-hydrogen) atoms. The van der Waals surface area contributed by atoms with Gasteiger partial charge in [0.05, 0.1) is 5.69 Å². The number of aromatic nitrogens is 3. The molecule has 1 N–H and O–H groups in total. The summed E-state index contributed by atoms with van der Waals surface area (Å²) in [4.78, 5) is 23.1. The molecule has 3 heterocycles. The Hall–Kier alpha value is -2.22. The van der Waals surface area contributed by atoms with Crippen LogP contribution in [0.4, 0.5) is 13.2 Å². The minimum atomic E-state index is -4.65. The van der Waals surface area contributed by atoms with Crippen LogP contribution < -0.4 is 5.56 Å². The molecule has 0 aromatic carbocycles. The van der Waals surface area contributed by atoms with Crippen molar-refractivity contribution >= 4 is 0 Å². The Kier molecular flexibility index (Phi) is 3.69. The van der Waals surface area contributed by atoms with Crippen LogP contribution in [0.2, 0.25) is 0 Å². The smallest absolute Gasteiger partial charge is 0.303 e. The molecule has 0 fully saturated rings. The third kappa shape index (κ3) is 3.01. The van der Waals surface area contributed by atoms with Crippen LogP contribution in [0.3, 0.4) is 0 Å². The number of hydrogen-bond acceptors (Lipinski definition) is 4. The summed E-state index contributed by atoms with van der Waals surface area (Å²) in [5, 5.41) is 0. The number of H-pyrrole nitrogens is 1. The highest BCUT2D eigenvalue weighted by atomic mass is 19.4. The van der Waals surface area contributed by atoms with E-state index >= 15 is 0 Å². The van der Waals surface area contributed by atoms with Crippen LogP contribution in [0.5, 0.6) is 0 Å². The number of hydrogen-bond donors (Lipinski definition) is 1. The number of aromatic amines is 1. The van der Waals surface area contributed by atoms with Crippen LogP contribution in [-0.2, 0) is 25.7 Å². The molecule has 2 aromatic heterocycles. The first-order valence-corrected chi connectivity index (χ1v) is 6.74. The van der Waals surface area contributed by atoms with Gasteiger partial charge in [-0.25, -0.2) is 4.98 Å². The van der Waals surface area contributed by atoms with Crippen LogP contribution in [-0.4, -0.2) is 26.4 Å². The van der Waals surface area contributed by atoms with E-state index < -0.39 is 17.6 Å². The molecule has 8 heteroatoms. The molecule has 0 atom stereocenters. The average molecular weight is 310 g/mol. The Morgan fingerprint density at radius 2 is 2.00 bits per heavy atom. The Morgan fingerprint density at radius 3 is 2.68 bits per heavy atom. The normalized spacial score (nSPS) is 15.6. The second-order valence-electron chi connectivity index (χ2n) is 5.15. The average Bonchev–Trinajstić information content (AvgIpc) is 2.47. The molecule has 0 unspecified atom stereocenters. The Balaban J connectivity index is 1.85. The standard InChI is InChI=1S/C14H13F3N4O/c15-14(16,17)13-19-11-8-21(6-3-10(11)12(22)20-13)7-9-1-4-18-5-2-9/h1-2,4-5H,3,6-8H2,(H,19,20,22). The van der Waals surface area contributed by atoms with Gasteiger partial charge in [-0.15, -0.1) is 0 Å². The van der Waals surface area contributed by atoms with Gasteiger partial charge in [-0.2, -0.15) is 13.2 Å². The maximum Gasteiger partial charge on any atom is 0.449 e. The highest BCUT2D eigenvalue weighted by molar-refractivity contribution is 5.22. The molecule has 2 aromatic rings. The van der Waals surface area contributed by atoms with Gasteiger partial charge in [0.25, 0.3) is 5.56 Å². The summed E-state index contributed by atoms with van der Waals surface area (Å²) in [5.41, 5.74) is 0.871. The van der Waals surface area contributed by atoms with E-state index in [1.165, 1.54) is 0 Å². The third-order valence-electron chi connectivity index (χ3n) is 3.58.